The monoisotopic (exact) mass is 523 g/mol. The van der Waals surface area contributed by atoms with E-state index >= 15 is 0 Å². The van der Waals surface area contributed by atoms with Crippen molar-refractivity contribution in [3.63, 3.8) is 0 Å². The van der Waals surface area contributed by atoms with Crippen molar-refractivity contribution in [3.8, 4) is 5.88 Å². The minimum atomic E-state index is -4.80. The lowest BCUT2D eigenvalue weighted by Gasteiger charge is -2.30. The number of hydrogen-bond acceptors (Lipinski definition) is 7. The molecule has 0 bridgehead atoms. The Morgan fingerprint density at radius 3 is 2.68 bits per heavy atom. The molecule has 2 saturated heterocycles. The number of carbonyl (C=O) groups is 1. The standard InChI is InChI=1S/C25H29F4N5O3/c26-18-12-14(3-5-17(18)25(27,28)29)21(19-2-1-9-30-19)33-22(35)20-6-4-15-13-31-24(34-23(15)37-20)32-16-7-10-36-11-8-16/h3,5,12-13,16,19-21,30H,1-2,4,6-11H2,(H,33,35)(H,31,32,34)/t19?,20-,21+/m1/s1. The quantitative estimate of drug-likeness (QED) is 0.499. The summed E-state index contributed by atoms with van der Waals surface area (Å²) in [4.78, 5) is 22.1. The van der Waals surface area contributed by atoms with Gasteiger partial charge in [-0.1, -0.05) is 6.07 Å². The van der Waals surface area contributed by atoms with Gasteiger partial charge in [0.1, 0.15) is 5.82 Å². The second-order valence-electron chi connectivity index (χ2n) is 9.63. The molecule has 3 aliphatic heterocycles. The van der Waals surface area contributed by atoms with Gasteiger partial charge >= 0.3 is 6.18 Å². The van der Waals surface area contributed by atoms with E-state index in [0.717, 1.165) is 37.0 Å². The fraction of sp³-hybridized carbons (Fsp3) is 0.560. The Kier molecular flexibility index (Phi) is 7.47. The zero-order valence-electron chi connectivity index (χ0n) is 20.1. The van der Waals surface area contributed by atoms with Crippen LogP contribution in [-0.2, 0) is 22.1 Å². The highest BCUT2D eigenvalue weighted by molar-refractivity contribution is 5.82. The van der Waals surface area contributed by atoms with E-state index in [1.807, 2.05) is 0 Å². The molecule has 3 N–H and O–H groups in total. The van der Waals surface area contributed by atoms with Crippen LogP contribution in [0, 0.1) is 5.82 Å². The Balaban J connectivity index is 1.30. The summed E-state index contributed by atoms with van der Waals surface area (Å²) in [5, 5.41) is 9.43. The summed E-state index contributed by atoms with van der Waals surface area (Å²) in [6.07, 6.45) is 0.185. The first-order chi connectivity index (χ1) is 17.8. The normalized spacial score (nSPS) is 23.1. The molecule has 1 amide bonds. The molecule has 0 spiro atoms. The number of alkyl halides is 3. The molecular weight excluding hydrogens is 494 g/mol. The SMILES string of the molecule is O=C(N[C@@H](c1ccc(C(F)(F)F)c(F)c1)C1CCCN1)[C@H]1CCc2cnc(NC3CCOCC3)nc2O1. The number of fused-ring (bicyclic) bond motifs is 1. The van der Waals surface area contributed by atoms with Crippen LogP contribution in [0.4, 0.5) is 23.5 Å². The van der Waals surface area contributed by atoms with Gasteiger partial charge in [-0.05, 0) is 62.8 Å². The Bertz CT molecular complexity index is 1120. The number of aromatic nitrogens is 2. The number of halogens is 4. The molecule has 0 aliphatic carbocycles. The number of hydrogen-bond donors (Lipinski definition) is 3. The second-order valence-corrected chi connectivity index (χ2v) is 9.63. The van der Waals surface area contributed by atoms with E-state index in [-0.39, 0.29) is 17.6 Å². The van der Waals surface area contributed by atoms with E-state index < -0.39 is 35.6 Å². The number of ether oxygens (including phenoxy) is 2. The number of rotatable bonds is 6. The van der Waals surface area contributed by atoms with Crippen molar-refractivity contribution in [3.05, 3.63) is 46.9 Å². The van der Waals surface area contributed by atoms with E-state index in [4.69, 9.17) is 9.47 Å². The van der Waals surface area contributed by atoms with Crippen LogP contribution in [0.25, 0.3) is 0 Å². The summed E-state index contributed by atoms with van der Waals surface area (Å²) in [6, 6.07) is 2.03. The molecule has 37 heavy (non-hydrogen) atoms. The Hall–Kier alpha value is -2.99. The van der Waals surface area contributed by atoms with E-state index in [1.165, 1.54) is 6.07 Å². The summed E-state index contributed by atoms with van der Waals surface area (Å²) < 4.78 is 64.8. The van der Waals surface area contributed by atoms with Crippen LogP contribution in [0.2, 0.25) is 0 Å². The molecule has 1 aromatic heterocycles. The molecule has 2 aromatic rings. The molecule has 1 unspecified atom stereocenters. The van der Waals surface area contributed by atoms with Gasteiger partial charge in [0.05, 0.1) is 11.6 Å². The third kappa shape index (κ3) is 5.96. The molecule has 3 aliphatic rings. The number of nitrogens with one attached hydrogen (secondary N) is 3. The molecule has 2 fully saturated rings. The second kappa shape index (κ2) is 10.8. The summed E-state index contributed by atoms with van der Waals surface area (Å²) in [7, 11) is 0. The van der Waals surface area contributed by atoms with Gasteiger partial charge in [0.15, 0.2) is 6.10 Å². The van der Waals surface area contributed by atoms with E-state index in [1.54, 1.807) is 6.20 Å². The zero-order chi connectivity index (χ0) is 26.0. The van der Waals surface area contributed by atoms with E-state index in [0.29, 0.717) is 50.8 Å². The van der Waals surface area contributed by atoms with Gasteiger partial charge < -0.3 is 25.4 Å². The fourth-order valence-electron chi connectivity index (χ4n) is 5.04. The summed E-state index contributed by atoms with van der Waals surface area (Å²) in [5.74, 6) is -1.06. The number of benzene rings is 1. The lowest BCUT2D eigenvalue weighted by atomic mass is 9.95. The first kappa shape index (κ1) is 25.7. The fourth-order valence-corrected chi connectivity index (χ4v) is 5.04. The molecule has 5 rings (SSSR count). The topological polar surface area (TPSA) is 97.4 Å². The third-order valence-corrected chi connectivity index (χ3v) is 7.06. The third-order valence-electron chi connectivity index (χ3n) is 7.06. The Labute approximate surface area is 211 Å². The van der Waals surface area contributed by atoms with Crippen LogP contribution in [-0.4, -0.2) is 53.8 Å². The number of carbonyl (C=O) groups excluding carboxylic acids is 1. The minimum absolute atomic E-state index is 0.193. The van der Waals surface area contributed by atoms with E-state index in [2.05, 4.69) is 25.9 Å². The highest BCUT2D eigenvalue weighted by Gasteiger charge is 2.37. The van der Waals surface area contributed by atoms with Crippen molar-refractivity contribution in [1.82, 2.24) is 20.6 Å². The molecule has 200 valence electrons. The largest absolute Gasteiger partial charge is 0.464 e. The number of amides is 1. The van der Waals surface area contributed by atoms with Crippen molar-refractivity contribution in [2.75, 3.05) is 25.1 Å². The maximum absolute atomic E-state index is 14.4. The highest BCUT2D eigenvalue weighted by Crippen LogP contribution is 2.34. The van der Waals surface area contributed by atoms with Gasteiger partial charge in [-0.2, -0.15) is 18.2 Å². The van der Waals surface area contributed by atoms with Gasteiger partial charge in [0.25, 0.3) is 5.91 Å². The number of anilines is 1. The average Bonchev–Trinajstić information content (AvgIpc) is 3.41. The Morgan fingerprint density at radius 2 is 1.97 bits per heavy atom. The van der Waals surface area contributed by atoms with Crippen LogP contribution in [0.3, 0.4) is 0 Å². The van der Waals surface area contributed by atoms with Crippen molar-refractivity contribution in [1.29, 1.82) is 0 Å². The Morgan fingerprint density at radius 1 is 1.16 bits per heavy atom. The van der Waals surface area contributed by atoms with Crippen molar-refractivity contribution >= 4 is 11.9 Å². The van der Waals surface area contributed by atoms with Crippen molar-refractivity contribution < 1.29 is 31.8 Å². The molecule has 4 heterocycles. The lowest BCUT2D eigenvalue weighted by molar-refractivity contribution is -0.140. The predicted octanol–water partition coefficient (Wildman–Crippen LogP) is 3.53. The van der Waals surface area contributed by atoms with Gasteiger partial charge in [-0.25, -0.2) is 9.37 Å². The van der Waals surface area contributed by atoms with Crippen LogP contribution < -0.4 is 20.7 Å². The summed E-state index contributed by atoms with van der Waals surface area (Å²) in [6.45, 7) is 2.04. The maximum Gasteiger partial charge on any atom is 0.419 e. The van der Waals surface area contributed by atoms with Gasteiger partial charge in [0, 0.05) is 37.1 Å². The lowest BCUT2D eigenvalue weighted by Crippen LogP contribution is -2.47. The van der Waals surface area contributed by atoms with Gasteiger partial charge in [-0.15, -0.1) is 0 Å². The highest BCUT2D eigenvalue weighted by atomic mass is 19.4. The van der Waals surface area contributed by atoms with Gasteiger partial charge in [-0.3, -0.25) is 4.79 Å². The predicted molar refractivity (Wildman–Crippen MR) is 126 cm³/mol. The molecule has 3 atom stereocenters. The molecule has 0 saturated carbocycles. The maximum atomic E-state index is 14.4. The molecule has 12 heteroatoms. The average molecular weight is 524 g/mol. The van der Waals surface area contributed by atoms with E-state index in [9.17, 15) is 22.4 Å². The number of nitrogens with zero attached hydrogens (tertiary/aromatic N) is 2. The first-order valence-corrected chi connectivity index (χ1v) is 12.5. The zero-order valence-corrected chi connectivity index (χ0v) is 20.1. The first-order valence-electron chi connectivity index (χ1n) is 12.5. The smallest absolute Gasteiger partial charge is 0.419 e. The van der Waals surface area contributed by atoms with Crippen molar-refractivity contribution in [2.45, 2.75) is 68.9 Å². The van der Waals surface area contributed by atoms with Crippen LogP contribution in [0.1, 0.15) is 54.8 Å². The minimum Gasteiger partial charge on any atom is -0.464 e. The van der Waals surface area contributed by atoms with Gasteiger partial charge in [0.2, 0.25) is 11.8 Å². The van der Waals surface area contributed by atoms with Crippen molar-refractivity contribution in [2.24, 2.45) is 0 Å². The van der Waals surface area contributed by atoms with Crippen LogP contribution in [0.5, 0.6) is 5.88 Å². The van der Waals surface area contributed by atoms with Crippen LogP contribution in [0.15, 0.2) is 24.4 Å². The number of aryl methyl sites for hydroxylation is 1. The van der Waals surface area contributed by atoms with Crippen LogP contribution >= 0.6 is 0 Å². The molecular formula is C25H29F4N5O3. The summed E-state index contributed by atoms with van der Waals surface area (Å²) in [5.41, 5.74) is -0.280. The molecule has 0 radical (unpaired) electrons. The molecule has 8 nitrogen and oxygen atoms in total. The molecule has 1 aromatic carbocycles. The summed E-state index contributed by atoms with van der Waals surface area (Å²) >= 11 is 0.